The molecule has 130 valence electrons. The van der Waals surface area contributed by atoms with Crippen molar-refractivity contribution >= 4 is 17.9 Å². The van der Waals surface area contributed by atoms with E-state index in [1.807, 2.05) is 31.2 Å². The minimum absolute atomic E-state index is 0.564. The van der Waals surface area contributed by atoms with Crippen LogP contribution >= 0.6 is 0 Å². The molecule has 0 saturated carbocycles. The predicted octanol–water partition coefficient (Wildman–Crippen LogP) is 0.759. The normalized spacial score (nSPS) is 25.8. The van der Waals surface area contributed by atoms with Crippen LogP contribution in [0, 0.1) is 18.8 Å². The Morgan fingerprint density at radius 1 is 0.833 bits per heavy atom. The fraction of sp³-hybridized carbons (Fsp3) is 0.471. The van der Waals surface area contributed by atoms with Gasteiger partial charge in [0.05, 0.1) is 33.2 Å². The SMILES string of the molecule is COC(=O)[C@@H]1[C@H](C(=O)OC)[C@H](C(=O)OC)N[C@@H]1c1ccc(C)cc1. The maximum absolute atomic E-state index is 12.3. The lowest BCUT2D eigenvalue weighted by Crippen LogP contribution is -2.42. The molecule has 0 aliphatic carbocycles. The maximum Gasteiger partial charge on any atom is 0.323 e. The summed E-state index contributed by atoms with van der Waals surface area (Å²) in [7, 11) is 3.68. The minimum atomic E-state index is -1.03. The second kappa shape index (κ2) is 7.44. The molecule has 1 aliphatic heterocycles. The maximum atomic E-state index is 12.3. The highest BCUT2D eigenvalue weighted by molar-refractivity contribution is 5.91. The van der Waals surface area contributed by atoms with Crippen LogP contribution in [0.4, 0.5) is 0 Å². The van der Waals surface area contributed by atoms with E-state index in [1.165, 1.54) is 21.3 Å². The molecule has 1 saturated heterocycles. The number of hydrogen-bond acceptors (Lipinski definition) is 7. The zero-order valence-corrected chi connectivity index (χ0v) is 14.1. The van der Waals surface area contributed by atoms with E-state index in [9.17, 15) is 14.4 Å². The fourth-order valence-corrected chi connectivity index (χ4v) is 3.07. The molecule has 1 fully saturated rings. The average Bonchev–Trinajstić information content (AvgIpc) is 3.00. The van der Waals surface area contributed by atoms with Crippen LogP contribution in [-0.4, -0.2) is 45.3 Å². The van der Waals surface area contributed by atoms with Gasteiger partial charge in [-0.2, -0.15) is 0 Å². The number of esters is 3. The number of ether oxygens (including phenoxy) is 3. The first-order valence-corrected chi connectivity index (χ1v) is 7.50. The third-order valence-corrected chi connectivity index (χ3v) is 4.30. The van der Waals surface area contributed by atoms with E-state index in [1.54, 1.807) is 0 Å². The molecular formula is C17H21NO6. The first-order valence-electron chi connectivity index (χ1n) is 7.50. The van der Waals surface area contributed by atoms with Gasteiger partial charge >= 0.3 is 17.9 Å². The topological polar surface area (TPSA) is 90.9 Å². The van der Waals surface area contributed by atoms with Crippen molar-refractivity contribution < 1.29 is 28.6 Å². The molecule has 7 nitrogen and oxygen atoms in total. The molecule has 0 radical (unpaired) electrons. The lowest BCUT2D eigenvalue weighted by atomic mass is 9.84. The Labute approximate surface area is 140 Å². The van der Waals surface area contributed by atoms with Crippen molar-refractivity contribution in [3.8, 4) is 0 Å². The molecule has 0 bridgehead atoms. The van der Waals surface area contributed by atoms with Crippen molar-refractivity contribution in [1.29, 1.82) is 0 Å². The van der Waals surface area contributed by atoms with E-state index >= 15 is 0 Å². The van der Waals surface area contributed by atoms with E-state index in [0.29, 0.717) is 0 Å². The van der Waals surface area contributed by atoms with Crippen LogP contribution in [0.25, 0.3) is 0 Å². The van der Waals surface area contributed by atoms with Gasteiger partial charge in [-0.15, -0.1) is 0 Å². The van der Waals surface area contributed by atoms with Gasteiger partial charge in [0.1, 0.15) is 6.04 Å². The van der Waals surface area contributed by atoms with Gasteiger partial charge < -0.3 is 14.2 Å². The van der Waals surface area contributed by atoms with Crippen molar-refractivity contribution in [2.45, 2.75) is 19.0 Å². The molecule has 4 atom stereocenters. The highest BCUT2D eigenvalue weighted by Crippen LogP contribution is 2.39. The first kappa shape index (κ1) is 17.9. The molecule has 24 heavy (non-hydrogen) atoms. The monoisotopic (exact) mass is 335 g/mol. The number of rotatable bonds is 4. The second-order valence-corrected chi connectivity index (χ2v) is 5.65. The van der Waals surface area contributed by atoms with Gasteiger partial charge in [0.2, 0.25) is 0 Å². The summed E-state index contributed by atoms with van der Waals surface area (Å²) in [5.74, 6) is -3.80. The van der Waals surface area contributed by atoms with Gasteiger partial charge in [0.15, 0.2) is 0 Å². The third-order valence-electron chi connectivity index (χ3n) is 4.30. The summed E-state index contributed by atoms with van der Waals surface area (Å²) in [6, 6.07) is 5.92. The number of carbonyl (C=O) groups excluding carboxylic acids is 3. The average molecular weight is 335 g/mol. The molecule has 0 unspecified atom stereocenters. The highest BCUT2D eigenvalue weighted by Gasteiger charge is 2.55. The smallest absolute Gasteiger partial charge is 0.323 e. The summed E-state index contributed by atoms with van der Waals surface area (Å²) in [4.78, 5) is 36.6. The molecular weight excluding hydrogens is 314 g/mol. The van der Waals surface area contributed by atoms with Gasteiger partial charge in [-0.3, -0.25) is 19.7 Å². The van der Waals surface area contributed by atoms with Crippen LogP contribution in [0.3, 0.4) is 0 Å². The first-order chi connectivity index (χ1) is 11.4. The van der Waals surface area contributed by atoms with Crippen molar-refractivity contribution in [3.05, 3.63) is 35.4 Å². The van der Waals surface area contributed by atoms with E-state index in [2.05, 4.69) is 5.32 Å². The number of benzene rings is 1. The summed E-state index contributed by atoms with van der Waals surface area (Å²) >= 11 is 0. The molecule has 1 N–H and O–H groups in total. The molecule has 1 heterocycles. The van der Waals surface area contributed by atoms with Crippen LogP contribution in [-0.2, 0) is 28.6 Å². The third kappa shape index (κ3) is 3.26. The molecule has 0 aromatic heterocycles. The minimum Gasteiger partial charge on any atom is -0.469 e. The van der Waals surface area contributed by atoms with Crippen molar-refractivity contribution in [2.24, 2.45) is 11.8 Å². The summed E-state index contributed by atoms with van der Waals surface area (Å²) < 4.78 is 14.4. The van der Waals surface area contributed by atoms with Crippen LogP contribution < -0.4 is 5.32 Å². The molecule has 1 aromatic carbocycles. The Kier molecular flexibility index (Phi) is 5.56. The summed E-state index contributed by atoms with van der Waals surface area (Å²) in [5.41, 5.74) is 1.83. The zero-order valence-electron chi connectivity index (χ0n) is 14.1. The summed E-state index contributed by atoms with van der Waals surface area (Å²) in [5, 5.41) is 3.03. The van der Waals surface area contributed by atoms with Gasteiger partial charge in [0, 0.05) is 6.04 Å². The lowest BCUT2D eigenvalue weighted by Gasteiger charge is -2.21. The van der Waals surface area contributed by atoms with Gasteiger partial charge in [-0.25, -0.2) is 0 Å². The van der Waals surface area contributed by atoms with Crippen molar-refractivity contribution in [2.75, 3.05) is 21.3 Å². The van der Waals surface area contributed by atoms with E-state index in [0.717, 1.165) is 11.1 Å². The van der Waals surface area contributed by atoms with E-state index < -0.39 is 41.8 Å². The molecule has 0 spiro atoms. The highest BCUT2D eigenvalue weighted by atomic mass is 16.5. The van der Waals surface area contributed by atoms with E-state index in [-0.39, 0.29) is 0 Å². The molecule has 0 amide bonds. The quantitative estimate of drug-likeness (QED) is 0.641. The molecule has 2 rings (SSSR count). The summed E-state index contributed by atoms with van der Waals surface area (Å²) in [6.45, 7) is 1.94. The number of hydrogen-bond donors (Lipinski definition) is 1. The fourth-order valence-electron chi connectivity index (χ4n) is 3.07. The molecule has 1 aromatic rings. The summed E-state index contributed by atoms with van der Waals surface area (Å²) in [6.07, 6.45) is 0. The number of methoxy groups -OCH3 is 3. The Morgan fingerprint density at radius 2 is 1.33 bits per heavy atom. The number of nitrogens with one attached hydrogen (secondary N) is 1. The number of aryl methyl sites for hydroxylation is 1. The van der Waals surface area contributed by atoms with Gasteiger partial charge in [0.25, 0.3) is 0 Å². The van der Waals surface area contributed by atoms with Crippen molar-refractivity contribution in [3.63, 3.8) is 0 Å². The van der Waals surface area contributed by atoms with Crippen LogP contribution in [0.15, 0.2) is 24.3 Å². The van der Waals surface area contributed by atoms with Crippen LogP contribution in [0.2, 0.25) is 0 Å². The Hall–Kier alpha value is -2.41. The second-order valence-electron chi connectivity index (χ2n) is 5.65. The standard InChI is InChI=1S/C17H21NO6/c1-9-5-7-10(8-6-9)13-11(15(19)22-2)12(16(20)23-3)14(18-13)17(21)24-4/h5-8,11-14,18H,1-4H3/t11-,12+,13-,14-/m1/s1. The van der Waals surface area contributed by atoms with E-state index in [4.69, 9.17) is 14.2 Å². The zero-order chi connectivity index (χ0) is 17.9. The van der Waals surface area contributed by atoms with Gasteiger partial charge in [-0.05, 0) is 12.5 Å². The van der Waals surface area contributed by atoms with Crippen LogP contribution in [0.1, 0.15) is 17.2 Å². The lowest BCUT2D eigenvalue weighted by molar-refractivity contribution is -0.159. The number of carbonyl (C=O) groups is 3. The van der Waals surface area contributed by atoms with Crippen molar-refractivity contribution in [1.82, 2.24) is 5.32 Å². The van der Waals surface area contributed by atoms with Gasteiger partial charge in [-0.1, -0.05) is 29.8 Å². The van der Waals surface area contributed by atoms with Crippen LogP contribution in [0.5, 0.6) is 0 Å². The molecule has 1 aliphatic rings. The predicted molar refractivity (Wildman–Crippen MR) is 83.9 cm³/mol. The Bertz CT molecular complexity index is 626. The molecule has 7 heteroatoms. The Morgan fingerprint density at radius 3 is 1.83 bits per heavy atom. The largest absolute Gasteiger partial charge is 0.469 e. The Balaban J connectivity index is 2.48.